The Labute approximate surface area is 117 Å². The lowest BCUT2D eigenvalue weighted by Crippen LogP contribution is -2.42. The summed E-state index contributed by atoms with van der Waals surface area (Å²) in [6, 6.07) is 1.97. The van der Waals surface area contributed by atoms with Crippen LogP contribution in [0.3, 0.4) is 0 Å². The number of nitrogens with zero attached hydrogens (tertiary/aromatic N) is 2. The second-order valence-electron chi connectivity index (χ2n) is 5.70. The summed E-state index contributed by atoms with van der Waals surface area (Å²) in [5.74, 6) is -0.0770. The monoisotopic (exact) mass is 278 g/mol. The Kier molecular flexibility index (Phi) is 3.45. The van der Waals surface area contributed by atoms with Gasteiger partial charge in [-0.15, -0.1) is 0 Å². The Morgan fingerprint density at radius 2 is 2.21 bits per heavy atom. The van der Waals surface area contributed by atoms with Gasteiger partial charge in [-0.2, -0.15) is 0 Å². The molecule has 0 aliphatic carbocycles. The van der Waals surface area contributed by atoms with E-state index in [0.717, 1.165) is 11.1 Å². The molecule has 5 nitrogen and oxygen atoms in total. The number of pyridine rings is 1. The second-order valence-corrected chi connectivity index (χ2v) is 6.09. The van der Waals surface area contributed by atoms with Gasteiger partial charge < -0.3 is 10.3 Å². The molecule has 0 aliphatic heterocycles. The molecular weight excluding hydrogens is 260 g/mol. The lowest BCUT2D eigenvalue weighted by Gasteiger charge is -2.20. The van der Waals surface area contributed by atoms with E-state index >= 15 is 0 Å². The van der Waals surface area contributed by atoms with Crippen LogP contribution in [-0.4, -0.2) is 26.0 Å². The molecule has 2 aromatic rings. The molecule has 2 heterocycles. The summed E-state index contributed by atoms with van der Waals surface area (Å²) in [6.45, 7) is 7.97. The number of amides is 1. The van der Waals surface area contributed by atoms with Gasteiger partial charge in [0.05, 0.1) is 5.52 Å². The van der Waals surface area contributed by atoms with Crippen LogP contribution in [0.1, 0.15) is 26.3 Å². The average Bonchev–Trinajstić information content (AvgIpc) is 2.51. The molecule has 0 saturated heterocycles. The number of nitrogens with one attached hydrogen (secondary N) is 2. The molecule has 19 heavy (non-hydrogen) atoms. The third-order valence-corrected chi connectivity index (χ3v) is 2.88. The zero-order chi connectivity index (χ0) is 14.2. The fourth-order valence-corrected chi connectivity index (χ4v) is 2.16. The normalized spacial score (nSPS) is 11.8. The molecular formula is C13H18N4OS. The minimum atomic E-state index is -0.255. The molecule has 0 aromatic carbocycles. The first-order valence-corrected chi connectivity index (χ1v) is 6.53. The third-order valence-electron chi connectivity index (χ3n) is 2.56. The Morgan fingerprint density at radius 1 is 1.53 bits per heavy atom. The van der Waals surface area contributed by atoms with Gasteiger partial charge >= 0.3 is 0 Å². The van der Waals surface area contributed by atoms with Crippen molar-refractivity contribution < 1.29 is 4.79 Å². The fraction of sp³-hybridized carbons (Fsp3) is 0.462. The number of carbonyl (C=O) groups excluding carboxylic acids is 1. The summed E-state index contributed by atoms with van der Waals surface area (Å²) in [5.41, 5.74) is 2.36. The number of fused-ring (bicyclic) bond motifs is 1. The van der Waals surface area contributed by atoms with Crippen molar-refractivity contribution in [3.05, 3.63) is 22.6 Å². The number of hydrogen-bond acceptors (Lipinski definition) is 3. The highest BCUT2D eigenvalue weighted by Crippen LogP contribution is 2.13. The molecule has 0 unspecified atom stereocenters. The van der Waals surface area contributed by atoms with E-state index in [1.807, 2.05) is 33.8 Å². The van der Waals surface area contributed by atoms with E-state index in [9.17, 15) is 4.79 Å². The minimum absolute atomic E-state index is 0.0770. The number of hydrogen-bond donors (Lipinski definition) is 2. The number of aryl methyl sites for hydroxylation is 1. The van der Waals surface area contributed by atoms with E-state index in [2.05, 4.69) is 15.3 Å². The van der Waals surface area contributed by atoms with Crippen LogP contribution in [-0.2, 0) is 11.3 Å². The number of imidazole rings is 1. The molecule has 2 rings (SSSR count). The maximum atomic E-state index is 12.0. The predicted molar refractivity (Wildman–Crippen MR) is 77.6 cm³/mol. The highest BCUT2D eigenvalue weighted by atomic mass is 32.1. The van der Waals surface area contributed by atoms with Gasteiger partial charge in [-0.25, -0.2) is 4.98 Å². The molecule has 0 spiro atoms. The van der Waals surface area contributed by atoms with E-state index in [1.54, 1.807) is 10.8 Å². The van der Waals surface area contributed by atoms with Gasteiger partial charge in [-0.1, -0.05) is 0 Å². The topological polar surface area (TPSA) is 62.7 Å². The molecule has 0 bridgehead atoms. The molecule has 1 amide bonds. The molecule has 6 heteroatoms. The van der Waals surface area contributed by atoms with Crippen molar-refractivity contribution in [1.29, 1.82) is 0 Å². The second kappa shape index (κ2) is 4.77. The molecule has 0 fully saturated rings. The lowest BCUT2D eigenvalue weighted by molar-refractivity contribution is -0.123. The van der Waals surface area contributed by atoms with Crippen molar-refractivity contribution in [3.63, 3.8) is 0 Å². The van der Waals surface area contributed by atoms with Gasteiger partial charge in [0.2, 0.25) is 5.91 Å². The summed E-state index contributed by atoms with van der Waals surface area (Å²) in [7, 11) is 0. The number of aromatic amines is 1. The van der Waals surface area contributed by atoms with E-state index in [0.29, 0.717) is 10.4 Å². The summed E-state index contributed by atoms with van der Waals surface area (Å²) in [5, 5.41) is 2.91. The fourth-order valence-electron chi connectivity index (χ4n) is 1.90. The van der Waals surface area contributed by atoms with E-state index < -0.39 is 0 Å². The lowest BCUT2D eigenvalue weighted by atomic mass is 10.1. The standard InChI is InChI=1S/C13H18N4OS/c1-8-5-9-11(14-6-8)17(12(19)15-9)7-10(18)16-13(2,3)4/h5-6H,7H2,1-4H3,(H,15,19)(H,16,18). The molecule has 0 radical (unpaired) electrons. The van der Waals surface area contributed by atoms with E-state index in [4.69, 9.17) is 12.2 Å². The van der Waals surface area contributed by atoms with Crippen LogP contribution in [0.25, 0.3) is 11.2 Å². The largest absolute Gasteiger partial charge is 0.350 e. The van der Waals surface area contributed by atoms with Gasteiger partial charge in [0, 0.05) is 11.7 Å². The number of rotatable bonds is 2. The number of carbonyl (C=O) groups is 1. The van der Waals surface area contributed by atoms with Crippen molar-refractivity contribution in [2.24, 2.45) is 0 Å². The summed E-state index contributed by atoms with van der Waals surface area (Å²) in [6.07, 6.45) is 1.77. The molecule has 0 atom stereocenters. The van der Waals surface area contributed by atoms with Crippen molar-refractivity contribution in [2.75, 3.05) is 0 Å². The molecule has 102 valence electrons. The van der Waals surface area contributed by atoms with Gasteiger partial charge in [0.1, 0.15) is 6.54 Å². The van der Waals surface area contributed by atoms with Crippen LogP contribution in [0, 0.1) is 11.7 Å². The van der Waals surface area contributed by atoms with Crippen molar-refractivity contribution >= 4 is 29.3 Å². The van der Waals surface area contributed by atoms with Crippen LogP contribution >= 0.6 is 12.2 Å². The van der Waals surface area contributed by atoms with Crippen molar-refractivity contribution in [2.45, 2.75) is 39.8 Å². The van der Waals surface area contributed by atoms with Gasteiger partial charge in [-0.05, 0) is 51.5 Å². The highest BCUT2D eigenvalue weighted by molar-refractivity contribution is 7.71. The molecule has 2 aromatic heterocycles. The average molecular weight is 278 g/mol. The van der Waals surface area contributed by atoms with Crippen molar-refractivity contribution in [1.82, 2.24) is 19.9 Å². The summed E-state index contributed by atoms with van der Waals surface area (Å²) < 4.78 is 2.22. The van der Waals surface area contributed by atoms with Gasteiger partial charge in [-0.3, -0.25) is 9.36 Å². The Morgan fingerprint density at radius 3 is 2.84 bits per heavy atom. The summed E-state index contributed by atoms with van der Waals surface area (Å²) >= 11 is 5.24. The third kappa shape index (κ3) is 3.20. The van der Waals surface area contributed by atoms with Crippen molar-refractivity contribution in [3.8, 4) is 0 Å². The smallest absolute Gasteiger partial charge is 0.240 e. The molecule has 0 aliphatic rings. The molecule has 2 N–H and O–H groups in total. The van der Waals surface area contributed by atoms with E-state index in [-0.39, 0.29) is 18.0 Å². The zero-order valence-corrected chi connectivity index (χ0v) is 12.4. The first kappa shape index (κ1) is 13.7. The van der Waals surface area contributed by atoms with Crippen LogP contribution in [0.15, 0.2) is 12.3 Å². The summed E-state index contributed by atoms with van der Waals surface area (Å²) in [4.78, 5) is 19.4. The first-order valence-electron chi connectivity index (χ1n) is 6.12. The zero-order valence-electron chi connectivity index (χ0n) is 11.6. The van der Waals surface area contributed by atoms with Crippen LogP contribution in [0.5, 0.6) is 0 Å². The highest BCUT2D eigenvalue weighted by Gasteiger charge is 2.15. The Bertz CT molecular complexity index is 678. The van der Waals surface area contributed by atoms with Crippen LogP contribution in [0.2, 0.25) is 0 Å². The minimum Gasteiger partial charge on any atom is -0.350 e. The quantitative estimate of drug-likeness (QED) is 0.829. The first-order chi connectivity index (χ1) is 8.76. The molecule has 0 saturated carbocycles. The SMILES string of the molecule is Cc1cnc2c(c1)[nH]c(=S)n2CC(=O)NC(C)(C)C. The van der Waals surface area contributed by atoms with Gasteiger partial charge in [0.25, 0.3) is 0 Å². The van der Waals surface area contributed by atoms with Crippen LogP contribution < -0.4 is 5.32 Å². The Hall–Kier alpha value is -1.69. The van der Waals surface area contributed by atoms with Gasteiger partial charge in [0.15, 0.2) is 10.4 Å². The van der Waals surface area contributed by atoms with Crippen LogP contribution in [0.4, 0.5) is 0 Å². The number of H-pyrrole nitrogens is 1. The maximum absolute atomic E-state index is 12.0. The Balaban J connectivity index is 2.33. The maximum Gasteiger partial charge on any atom is 0.240 e. The number of aromatic nitrogens is 3. The predicted octanol–water partition coefficient (Wildman–Crippen LogP) is 2.32. The van der Waals surface area contributed by atoms with E-state index in [1.165, 1.54) is 0 Å².